The number of rotatable bonds is 5. The van der Waals surface area contributed by atoms with Crippen LogP contribution in [0, 0.1) is 0 Å². The molecule has 0 aliphatic heterocycles. The third kappa shape index (κ3) is 4.80. The molecule has 0 radical (unpaired) electrons. The number of halogens is 2. The van der Waals surface area contributed by atoms with Gasteiger partial charge in [-0.15, -0.1) is 0 Å². The Balaban J connectivity index is 2.29. The second-order valence-electron chi connectivity index (χ2n) is 6.21. The first-order chi connectivity index (χ1) is 12.3. The van der Waals surface area contributed by atoms with E-state index in [0.717, 1.165) is 19.3 Å². The summed E-state index contributed by atoms with van der Waals surface area (Å²) >= 11 is 11.9. The van der Waals surface area contributed by atoms with Crippen LogP contribution < -0.4 is 10.6 Å². The van der Waals surface area contributed by atoms with Crippen molar-refractivity contribution in [3.8, 4) is 0 Å². The number of aliphatic carboxylic acids is 1. The molecule has 1 aromatic carbocycles. The van der Waals surface area contributed by atoms with Crippen molar-refractivity contribution in [1.29, 1.82) is 0 Å². The molecule has 2 rings (SSSR count). The normalized spacial score (nSPS) is 17.0. The number of amides is 2. The molecule has 1 atom stereocenters. The van der Waals surface area contributed by atoms with Gasteiger partial charge in [0.1, 0.15) is 5.54 Å². The summed E-state index contributed by atoms with van der Waals surface area (Å²) in [6.07, 6.45) is 2.47. The van der Waals surface area contributed by atoms with Crippen LogP contribution in [0.15, 0.2) is 18.2 Å². The molecule has 0 bridgehead atoms. The van der Waals surface area contributed by atoms with Crippen LogP contribution in [-0.2, 0) is 14.3 Å². The Kier molecular flexibility index (Phi) is 6.72. The van der Waals surface area contributed by atoms with Crippen molar-refractivity contribution in [2.75, 3.05) is 7.11 Å². The van der Waals surface area contributed by atoms with Gasteiger partial charge in [0.15, 0.2) is 6.04 Å². The quantitative estimate of drug-likeness (QED) is 0.700. The van der Waals surface area contributed by atoms with Crippen molar-refractivity contribution in [2.24, 2.45) is 0 Å². The summed E-state index contributed by atoms with van der Waals surface area (Å²) < 4.78 is 4.62. The molecule has 0 spiro atoms. The van der Waals surface area contributed by atoms with Crippen molar-refractivity contribution in [3.05, 3.63) is 33.8 Å². The average molecular weight is 403 g/mol. The minimum absolute atomic E-state index is 0.243. The predicted molar refractivity (Wildman–Crippen MR) is 96.3 cm³/mol. The highest BCUT2D eigenvalue weighted by atomic mass is 35.5. The van der Waals surface area contributed by atoms with Gasteiger partial charge < -0.3 is 20.5 Å². The molecule has 3 N–H and O–H groups in total. The number of benzene rings is 1. The van der Waals surface area contributed by atoms with E-state index in [9.17, 15) is 19.5 Å². The maximum absolute atomic E-state index is 12.9. The van der Waals surface area contributed by atoms with Crippen LogP contribution in [0.25, 0.3) is 0 Å². The molecule has 0 saturated heterocycles. The lowest BCUT2D eigenvalue weighted by Gasteiger charge is -2.36. The monoisotopic (exact) mass is 402 g/mol. The van der Waals surface area contributed by atoms with E-state index in [0.29, 0.717) is 12.8 Å². The van der Waals surface area contributed by atoms with Crippen molar-refractivity contribution in [2.45, 2.75) is 43.7 Å². The molecule has 142 valence electrons. The Hall–Kier alpha value is -1.99. The van der Waals surface area contributed by atoms with Crippen LogP contribution >= 0.6 is 23.2 Å². The van der Waals surface area contributed by atoms with E-state index < -0.39 is 29.6 Å². The van der Waals surface area contributed by atoms with Gasteiger partial charge in [0.05, 0.1) is 7.11 Å². The van der Waals surface area contributed by atoms with Crippen LogP contribution in [0.4, 0.5) is 4.79 Å². The number of ether oxygens (including phenoxy) is 1. The molecule has 1 unspecified atom stereocenters. The van der Waals surface area contributed by atoms with Crippen LogP contribution in [0.5, 0.6) is 0 Å². The van der Waals surface area contributed by atoms with E-state index in [1.165, 1.54) is 25.3 Å². The lowest BCUT2D eigenvalue weighted by atomic mass is 9.80. The molecule has 2 amide bonds. The zero-order chi connectivity index (χ0) is 19.3. The van der Waals surface area contributed by atoms with Gasteiger partial charge in [0.2, 0.25) is 5.91 Å². The summed E-state index contributed by atoms with van der Waals surface area (Å²) in [4.78, 5) is 36.3. The summed E-state index contributed by atoms with van der Waals surface area (Å²) in [7, 11) is 1.21. The van der Waals surface area contributed by atoms with E-state index in [1.54, 1.807) is 0 Å². The number of carboxylic acids is 1. The molecule has 7 nitrogen and oxygen atoms in total. The standard InChI is InChI=1S/C17H20Cl2N2O5/c1-26-16(25)21-17(5-3-2-4-6-17)15(24)20-13(14(22)23)10-7-11(18)9-12(19)8-10/h7-9,13H,2-6H2,1H3,(H,20,24)(H,21,25)(H,22,23). The van der Waals surface area contributed by atoms with E-state index in [4.69, 9.17) is 23.2 Å². The zero-order valence-corrected chi connectivity index (χ0v) is 15.7. The Labute approximate surface area is 161 Å². The zero-order valence-electron chi connectivity index (χ0n) is 14.2. The lowest BCUT2D eigenvalue weighted by molar-refractivity contribution is -0.143. The van der Waals surface area contributed by atoms with Gasteiger partial charge >= 0.3 is 12.1 Å². The highest BCUT2D eigenvalue weighted by Gasteiger charge is 2.43. The number of nitrogens with one attached hydrogen (secondary N) is 2. The predicted octanol–water partition coefficient (Wildman–Crippen LogP) is 3.29. The number of carbonyl (C=O) groups is 3. The highest BCUT2D eigenvalue weighted by molar-refractivity contribution is 6.34. The molecule has 1 aliphatic carbocycles. The van der Waals surface area contributed by atoms with Crippen LogP contribution in [0.3, 0.4) is 0 Å². The fourth-order valence-electron chi connectivity index (χ4n) is 3.11. The number of alkyl carbamates (subject to hydrolysis) is 1. The van der Waals surface area contributed by atoms with Crippen molar-refractivity contribution < 1.29 is 24.2 Å². The fourth-order valence-corrected chi connectivity index (χ4v) is 3.65. The van der Waals surface area contributed by atoms with E-state index in [2.05, 4.69) is 15.4 Å². The molecule has 9 heteroatoms. The maximum atomic E-state index is 12.9. The maximum Gasteiger partial charge on any atom is 0.407 e. The summed E-state index contributed by atoms with van der Waals surface area (Å²) in [6, 6.07) is 2.97. The van der Waals surface area contributed by atoms with Gasteiger partial charge in [-0.05, 0) is 36.6 Å². The summed E-state index contributed by atoms with van der Waals surface area (Å²) in [5.74, 6) is -1.84. The van der Waals surface area contributed by atoms with Gasteiger partial charge in [0.25, 0.3) is 0 Å². The Morgan fingerprint density at radius 1 is 1.12 bits per heavy atom. The van der Waals surface area contributed by atoms with Crippen molar-refractivity contribution in [3.63, 3.8) is 0 Å². The first kappa shape index (κ1) is 20.3. The summed E-state index contributed by atoms with van der Waals surface area (Å²) in [5, 5.41) is 15.2. The lowest BCUT2D eigenvalue weighted by Crippen LogP contribution is -2.60. The number of hydrogen-bond acceptors (Lipinski definition) is 4. The molecule has 0 heterocycles. The second-order valence-corrected chi connectivity index (χ2v) is 7.08. The SMILES string of the molecule is COC(=O)NC1(C(=O)NC(C(=O)O)c2cc(Cl)cc(Cl)c2)CCCCC1. The van der Waals surface area contributed by atoms with E-state index in [-0.39, 0.29) is 15.6 Å². The van der Waals surface area contributed by atoms with Gasteiger partial charge in [-0.1, -0.05) is 42.5 Å². The summed E-state index contributed by atoms with van der Waals surface area (Å²) in [5.41, 5.74) is -0.964. The third-order valence-corrected chi connectivity index (χ3v) is 4.85. The fraction of sp³-hybridized carbons (Fsp3) is 0.471. The number of methoxy groups -OCH3 is 1. The molecular weight excluding hydrogens is 383 g/mol. The minimum Gasteiger partial charge on any atom is -0.479 e. The van der Waals surface area contributed by atoms with Gasteiger partial charge in [-0.25, -0.2) is 9.59 Å². The largest absolute Gasteiger partial charge is 0.479 e. The molecule has 0 aromatic heterocycles. The first-order valence-electron chi connectivity index (χ1n) is 8.13. The number of carbonyl (C=O) groups excluding carboxylic acids is 2. The average Bonchev–Trinajstić information content (AvgIpc) is 2.58. The molecule has 1 fully saturated rings. The number of carboxylic acid groups (broad SMARTS) is 1. The third-order valence-electron chi connectivity index (χ3n) is 4.41. The Morgan fingerprint density at radius 3 is 2.19 bits per heavy atom. The molecule has 1 aliphatic rings. The van der Waals surface area contributed by atoms with Gasteiger partial charge in [0, 0.05) is 10.0 Å². The Bertz CT molecular complexity index is 684. The topological polar surface area (TPSA) is 105 Å². The minimum atomic E-state index is -1.35. The summed E-state index contributed by atoms with van der Waals surface area (Å²) in [6.45, 7) is 0. The van der Waals surface area contributed by atoms with Crippen LogP contribution in [0.2, 0.25) is 10.0 Å². The second kappa shape index (κ2) is 8.60. The van der Waals surface area contributed by atoms with Gasteiger partial charge in [-0.3, -0.25) is 4.79 Å². The highest BCUT2D eigenvalue weighted by Crippen LogP contribution is 2.30. The molecule has 1 saturated carbocycles. The smallest absolute Gasteiger partial charge is 0.407 e. The van der Waals surface area contributed by atoms with Gasteiger partial charge in [-0.2, -0.15) is 0 Å². The number of hydrogen-bond donors (Lipinski definition) is 3. The molecule has 1 aromatic rings. The molecule has 26 heavy (non-hydrogen) atoms. The van der Waals surface area contributed by atoms with Crippen molar-refractivity contribution in [1.82, 2.24) is 10.6 Å². The van der Waals surface area contributed by atoms with Crippen molar-refractivity contribution >= 4 is 41.2 Å². The first-order valence-corrected chi connectivity index (χ1v) is 8.89. The van der Waals surface area contributed by atoms with Crippen LogP contribution in [0.1, 0.15) is 43.7 Å². The van der Waals surface area contributed by atoms with Crippen LogP contribution in [-0.4, -0.2) is 35.7 Å². The van der Waals surface area contributed by atoms with E-state index in [1.807, 2.05) is 0 Å². The Morgan fingerprint density at radius 2 is 1.69 bits per heavy atom. The van der Waals surface area contributed by atoms with E-state index >= 15 is 0 Å². The molecular formula is C17H20Cl2N2O5.